The topological polar surface area (TPSA) is 118 Å². The number of thioether (sulfide) groups is 1. The van der Waals surface area contributed by atoms with Crippen LogP contribution in [-0.2, 0) is 11.4 Å². The van der Waals surface area contributed by atoms with Gasteiger partial charge in [-0.2, -0.15) is 4.99 Å². The van der Waals surface area contributed by atoms with Gasteiger partial charge < -0.3 is 9.47 Å². The van der Waals surface area contributed by atoms with Crippen molar-refractivity contribution in [1.82, 2.24) is 4.90 Å². The Morgan fingerprint density at radius 3 is 2.68 bits per heavy atom. The molecule has 2 aliphatic heterocycles. The van der Waals surface area contributed by atoms with Crippen LogP contribution in [0.3, 0.4) is 0 Å². The van der Waals surface area contributed by atoms with Crippen LogP contribution in [0.1, 0.15) is 25.0 Å². The molecule has 11 heteroatoms. The number of nitrogens with zero attached hydrogens (tertiary/aromatic N) is 3. The standard InChI is InChI=1S/C23H19ClN4O5S/c1-3-32-19-10-15(8-17-21(25)27-11-13(2)34-23(27)26-22(17)29)9-18(24)20(19)33-12-14-4-6-16(7-5-14)28(30)31/h4-11,25H,3,12H2,1-2H3/b17-8-,25-21?. The largest absolute Gasteiger partial charge is 0.490 e. The van der Waals surface area contributed by atoms with Gasteiger partial charge in [0.25, 0.3) is 11.6 Å². The van der Waals surface area contributed by atoms with E-state index in [9.17, 15) is 14.9 Å². The summed E-state index contributed by atoms with van der Waals surface area (Å²) in [7, 11) is 0. The molecule has 34 heavy (non-hydrogen) atoms. The number of fused-ring (bicyclic) bond motifs is 1. The van der Waals surface area contributed by atoms with Crippen LogP contribution in [0.5, 0.6) is 11.5 Å². The van der Waals surface area contributed by atoms with Gasteiger partial charge in [-0.05, 0) is 55.3 Å². The SMILES string of the molecule is CCOc1cc(/C=C2/C(=N)N3C=C(C)SC3=NC2=O)cc(Cl)c1OCc1ccc([N+](=O)[O-])cc1. The van der Waals surface area contributed by atoms with Crippen molar-refractivity contribution < 1.29 is 19.2 Å². The summed E-state index contributed by atoms with van der Waals surface area (Å²) in [6.45, 7) is 4.17. The summed E-state index contributed by atoms with van der Waals surface area (Å²) in [6.07, 6.45) is 3.31. The van der Waals surface area contributed by atoms with Gasteiger partial charge in [0.15, 0.2) is 16.7 Å². The number of nitrogens with one attached hydrogen (secondary N) is 1. The molecule has 9 nitrogen and oxygen atoms in total. The number of nitro groups is 1. The number of carbonyl (C=O) groups excluding carboxylic acids is 1. The van der Waals surface area contributed by atoms with Crippen molar-refractivity contribution in [2.75, 3.05) is 6.61 Å². The smallest absolute Gasteiger partial charge is 0.283 e. The third-order valence-corrected chi connectivity index (χ3v) is 6.04. The minimum atomic E-state index is -0.501. The second kappa shape index (κ2) is 9.70. The second-order valence-corrected chi connectivity index (χ2v) is 8.91. The van der Waals surface area contributed by atoms with Crippen LogP contribution in [-0.4, -0.2) is 33.3 Å². The predicted molar refractivity (Wildman–Crippen MR) is 131 cm³/mol. The molecule has 1 amide bonds. The first kappa shape index (κ1) is 23.5. The van der Waals surface area contributed by atoms with Crippen LogP contribution in [0.2, 0.25) is 5.02 Å². The Morgan fingerprint density at radius 1 is 1.26 bits per heavy atom. The van der Waals surface area contributed by atoms with Crippen LogP contribution in [0.4, 0.5) is 5.69 Å². The molecule has 0 bridgehead atoms. The fraction of sp³-hybridized carbons (Fsp3) is 0.174. The van der Waals surface area contributed by atoms with E-state index in [1.54, 1.807) is 41.4 Å². The van der Waals surface area contributed by atoms with E-state index in [-0.39, 0.29) is 28.7 Å². The van der Waals surface area contributed by atoms with Crippen molar-refractivity contribution in [2.24, 2.45) is 4.99 Å². The fourth-order valence-electron chi connectivity index (χ4n) is 3.31. The maximum atomic E-state index is 12.6. The number of allylic oxidation sites excluding steroid dienone is 1. The number of non-ortho nitro benzene ring substituents is 1. The highest BCUT2D eigenvalue weighted by Crippen LogP contribution is 2.39. The highest BCUT2D eigenvalue weighted by molar-refractivity contribution is 8.17. The number of halogens is 1. The minimum Gasteiger partial charge on any atom is -0.490 e. The van der Waals surface area contributed by atoms with E-state index in [0.717, 1.165) is 10.5 Å². The molecule has 2 aromatic rings. The van der Waals surface area contributed by atoms with Crippen LogP contribution >= 0.6 is 23.4 Å². The lowest BCUT2D eigenvalue weighted by Crippen LogP contribution is -2.35. The molecule has 4 rings (SSSR count). The molecule has 2 aromatic carbocycles. The van der Waals surface area contributed by atoms with Gasteiger partial charge in [-0.25, -0.2) is 0 Å². The molecule has 0 saturated carbocycles. The average molecular weight is 499 g/mol. The van der Waals surface area contributed by atoms with Crippen LogP contribution in [0.15, 0.2) is 58.1 Å². The monoisotopic (exact) mass is 498 g/mol. The molecule has 0 atom stereocenters. The van der Waals surface area contributed by atoms with Crippen molar-refractivity contribution >= 4 is 52.0 Å². The predicted octanol–water partition coefficient (Wildman–Crippen LogP) is 5.39. The number of nitro benzene ring substituents is 1. The Kier molecular flexibility index (Phi) is 6.71. The van der Waals surface area contributed by atoms with E-state index in [4.69, 9.17) is 26.5 Å². The lowest BCUT2D eigenvalue weighted by molar-refractivity contribution is -0.384. The summed E-state index contributed by atoms with van der Waals surface area (Å²) in [4.78, 5) is 29.5. The molecule has 1 N–H and O–H groups in total. The van der Waals surface area contributed by atoms with Crippen LogP contribution in [0, 0.1) is 15.5 Å². The van der Waals surface area contributed by atoms with Gasteiger partial charge in [0, 0.05) is 23.2 Å². The van der Waals surface area contributed by atoms with Crippen molar-refractivity contribution in [3.05, 3.63) is 79.3 Å². The zero-order valence-corrected chi connectivity index (χ0v) is 19.8. The van der Waals surface area contributed by atoms with E-state index in [1.165, 1.54) is 23.9 Å². The minimum absolute atomic E-state index is 0.00774. The average Bonchev–Trinajstić information content (AvgIpc) is 3.16. The molecule has 0 spiro atoms. The van der Waals surface area contributed by atoms with Gasteiger partial charge >= 0.3 is 0 Å². The number of benzene rings is 2. The van der Waals surface area contributed by atoms with Crippen molar-refractivity contribution in [3.8, 4) is 11.5 Å². The molecule has 0 aromatic heterocycles. The van der Waals surface area contributed by atoms with Crippen molar-refractivity contribution in [3.63, 3.8) is 0 Å². The summed E-state index contributed by atoms with van der Waals surface area (Å²) >= 11 is 7.83. The summed E-state index contributed by atoms with van der Waals surface area (Å²) in [5, 5.41) is 20.0. The summed E-state index contributed by atoms with van der Waals surface area (Å²) < 4.78 is 11.6. The molecular weight excluding hydrogens is 480 g/mol. The van der Waals surface area contributed by atoms with Crippen LogP contribution < -0.4 is 9.47 Å². The van der Waals surface area contributed by atoms with E-state index in [0.29, 0.717) is 28.8 Å². The van der Waals surface area contributed by atoms with Gasteiger partial charge in [0.05, 0.1) is 22.1 Å². The fourth-order valence-corrected chi connectivity index (χ4v) is 4.40. The number of hydrogen-bond acceptors (Lipinski definition) is 7. The molecule has 174 valence electrons. The molecule has 0 saturated heterocycles. The maximum absolute atomic E-state index is 12.6. The van der Waals surface area contributed by atoms with E-state index >= 15 is 0 Å². The normalized spacial score (nSPS) is 16.3. The Hall–Kier alpha value is -3.63. The molecule has 0 fully saturated rings. The maximum Gasteiger partial charge on any atom is 0.283 e. The molecule has 0 aliphatic carbocycles. The number of rotatable bonds is 7. The first-order valence-electron chi connectivity index (χ1n) is 10.2. The quantitative estimate of drug-likeness (QED) is 0.308. The third-order valence-electron chi connectivity index (χ3n) is 4.87. The Balaban J connectivity index is 1.60. The highest BCUT2D eigenvalue weighted by atomic mass is 35.5. The highest BCUT2D eigenvalue weighted by Gasteiger charge is 2.33. The first-order valence-corrected chi connectivity index (χ1v) is 11.4. The third kappa shape index (κ3) is 4.82. The first-order chi connectivity index (χ1) is 16.3. The molecular formula is C23H19ClN4O5S. The zero-order chi connectivity index (χ0) is 24.4. The van der Waals surface area contributed by atoms with E-state index in [2.05, 4.69) is 4.99 Å². The summed E-state index contributed by atoms with van der Waals surface area (Å²) in [5.41, 5.74) is 1.40. The van der Waals surface area contributed by atoms with Crippen LogP contribution in [0.25, 0.3) is 6.08 Å². The Bertz CT molecular complexity index is 1290. The number of amides is 1. The molecule has 0 radical (unpaired) electrons. The molecule has 0 unspecified atom stereocenters. The summed E-state index contributed by atoms with van der Waals surface area (Å²) in [5.74, 6) is 0.213. The molecule has 2 aliphatic rings. The van der Waals surface area contributed by atoms with Crippen molar-refractivity contribution in [1.29, 1.82) is 5.41 Å². The summed E-state index contributed by atoms with van der Waals surface area (Å²) in [6, 6.07) is 9.30. The zero-order valence-electron chi connectivity index (χ0n) is 18.2. The lowest BCUT2D eigenvalue weighted by atomic mass is 10.1. The Morgan fingerprint density at radius 2 is 2.00 bits per heavy atom. The van der Waals surface area contributed by atoms with Gasteiger partial charge in [0.2, 0.25) is 0 Å². The number of amidine groups is 2. The number of carbonyl (C=O) groups is 1. The number of hydrogen-bond donors (Lipinski definition) is 1. The van der Waals surface area contributed by atoms with E-state index in [1.807, 2.05) is 13.8 Å². The van der Waals surface area contributed by atoms with E-state index < -0.39 is 10.8 Å². The second-order valence-electron chi connectivity index (χ2n) is 7.29. The van der Waals surface area contributed by atoms with Gasteiger partial charge in [-0.15, -0.1) is 0 Å². The number of aliphatic imine (C=N–C) groups is 1. The lowest BCUT2D eigenvalue weighted by Gasteiger charge is -2.22. The molecule has 2 heterocycles. The number of ether oxygens (including phenoxy) is 2. The van der Waals surface area contributed by atoms with Gasteiger partial charge in [0.1, 0.15) is 12.4 Å². The van der Waals surface area contributed by atoms with Gasteiger partial charge in [-0.3, -0.25) is 25.2 Å². The van der Waals surface area contributed by atoms with Crippen molar-refractivity contribution in [2.45, 2.75) is 20.5 Å². The van der Waals surface area contributed by atoms with Gasteiger partial charge in [-0.1, -0.05) is 23.4 Å². The Labute approximate surface area is 204 Å².